The van der Waals surface area contributed by atoms with Gasteiger partial charge in [-0.1, -0.05) is 0 Å². The van der Waals surface area contributed by atoms with Gasteiger partial charge in [-0.2, -0.15) is 5.10 Å². The van der Waals surface area contributed by atoms with E-state index in [1.165, 1.54) is 11.3 Å². The number of aromatic nitrogens is 3. The Balaban J connectivity index is 2.60. The second-order valence-corrected chi connectivity index (χ2v) is 4.67. The monoisotopic (exact) mass is 279 g/mol. The maximum absolute atomic E-state index is 4.51. The molecular weight excluding hydrogens is 266 g/mol. The van der Waals surface area contributed by atoms with Gasteiger partial charge in [0.1, 0.15) is 0 Å². The first-order valence-electron chi connectivity index (χ1n) is 5.28. The molecule has 3 nitrogen and oxygen atoms in total. The van der Waals surface area contributed by atoms with Gasteiger partial charge in [-0.3, -0.25) is 9.67 Å². The van der Waals surface area contributed by atoms with E-state index in [1.807, 2.05) is 17.8 Å². The molecule has 0 bridgehead atoms. The summed E-state index contributed by atoms with van der Waals surface area (Å²) in [6, 6.07) is 2.07. The molecule has 0 N–H and O–H groups in total. The van der Waals surface area contributed by atoms with E-state index < -0.39 is 0 Å². The van der Waals surface area contributed by atoms with Gasteiger partial charge in [-0.15, -0.1) is 0 Å². The highest BCUT2D eigenvalue weighted by atomic mass is 79.9. The van der Waals surface area contributed by atoms with Gasteiger partial charge in [0.2, 0.25) is 0 Å². The van der Waals surface area contributed by atoms with Crippen molar-refractivity contribution in [2.45, 2.75) is 27.3 Å². The number of rotatable bonds is 2. The van der Waals surface area contributed by atoms with E-state index in [0.717, 1.165) is 22.3 Å². The molecule has 0 aliphatic heterocycles. The summed E-state index contributed by atoms with van der Waals surface area (Å²) >= 11 is 3.44. The normalized spacial score (nSPS) is 10.8. The minimum Gasteiger partial charge on any atom is -0.269 e. The molecule has 0 amide bonds. The first-order chi connectivity index (χ1) is 7.63. The van der Waals surface area contributed by atoms with Crippen LogP contribution in [0.25, 0.3) is 11.1 Å². The van der Waals surface area contributed by atoms with Crippen LogP contribution in [0.5, 0.6) is 0 Å². The molecule has 2 aromatic rings. The van der Waals surface area contributed by atoms with E-state index in [1.54, 1.807) is 6.20 Å². The van der Waals surface area contributed by atoms with Gasteiger partial charge >= 0.3 is 0 Å². The minimum absolute atomic E-state index is 0.897. The van der Waals surface area contributed by atoms with Crippen molar-refractivity contribution in [1.29, 1.82) is 0 Å². The number of nitrogens with zero attached hydrogens (tertiary/aromatic N) is 3. The highest BCUT2D eigenvalue weighted by Gasteiger charge is 2.12. The molecule has 2 rings (SSSR count). The lowest BCUT2D eigenvalue weighted by molar-refractivity contribution is 0.634. The fraction of sp³-hybridized carbons (Fsp3) is 0.333. The molecule has 0 fully saturated rings. The Hall–Kier alpha value is -1.16. The summed E-state index contributed by atoms with van der Waals surface area (Å²) in [4.78, 5) is 4.19. The summed E-state index contributed by atoms with van der Waals surface area (Å²) in [5.74, 6) is 0. The topological polar surface area (TPSA) is 30.7 Å². The fourth-order valence-corrected chi connectivity index (χ4v) is 2.34. The van der Waals surface area contributed by atoms with E-state index in [9.17, 15) is 0 Å². The average Bonchev–Trinajstić information content (AvgIpc) is 2.53. The van der Waals surface area contributed by atoms with Crippen molar-refractivity contribution in [1.82, 2.24) is 14.8 Å². The molecule has 0 aliphatic rings. The van der Waals surface area contributed by atoms with Gasteiger partial charge in [0, 0.05) is 40.2 Å². The van der Waals surface area contributed by atoms with Gasteiger partial charge < -0.3 is 0 Å². The van der Waals surface area contributed by atoms with Crippen molar-refractivity contribution >= 4 is 15.9 Å². The Morgan fingerprint density at radius 2 is 2.06 bits per heavy atom. The van der Waals surface area contributed by atoms with E-state index in [-0.39, 0.29) is 0 Å². The number of hydrogen-bond acceptors (Lipinski definition) is 2. The van der Waals surface area contributed by atoms with E-state index in [4.69, 9.17) is 0 Å². The molecule has 2 heterocycles. The number of halogens is 1. The SMILES string of the molecule is CCn1nc(C)c(-c2cncc(Br)c2)c1C. The molecular formula is C12H14BrN3. The third-order valence-corrected chi connectivity index (χ3v) is 3.11. The quantitative estimate of drug-likeness (QED) is 0.844. The maximum atomic E-state index is 4.51. The largest absolute Gasteiger partial charge is 0.269 e. The van der Waals surface area contributed by atoms with Crippen molar-refractivity contribution in [3.63, 3.8) is 0 Å². The van der Waals surface area contributed by atoms with Crippen LogP contribution in [0.1, 0.15) is 18.3 Å². The van der Waals surface area contributed by atoms with Crippen LogP contribution in [-0.4, -0.2) is 14.8 Å². The lowest BCUT2D eigenvalue weighted by atomic mass is 10.1. The van der Waals surface area contributed by atoms with Crippen LogP contribution in [-0.2, 0) is 6.54 Å². The van der Waals surface area contributed by atoms with Crippen molar-refractivity contribution in [2.75, 3.05) is 0 Å². The number of pyridine rings is 1. The second kappa shape index (κ2) is 4.37. The third-order valence-electron chi connectivity index (χ3n) is 2.67. The van der Waals surface area contributed by atoms with E-state index >= 15 is 0 Å². The van der Waals surface area contributed by atoms with Crippen LogP contribution in [0.4, 0.5) is 0 Å². The lowest BCUT2D eigenvalue weighted by Crippen LogP contribution is -1.98. The third kappa shape index (κ3) is 1.89. The number of aryl methyl sites for hydroxylation is 2. The summed E-state index contributed by atoms with van der Waals surface area (Å²) < 4.78 is 3.01. The minimum atomic E-state index is 0.897. The van der Waals surface area contributed by atoms with Gasteiger partial charge in [0.25, 0.3) is 0 Å². The lowest BCUT2D eigenvalue weighted by Gasteiger charge is -2.03. The first kappa shape index (κ1) is 11.3. The zero-order valence-corrected chi connectivity index (χ0v) is 11.2. The predicted octanol–water partition coefficient (Wildman–Crippen LogP) is 3.34. The van der Waals surface area contributed by atoms with Crippen molar-refractivity contribution in [3.8, 4) is 11.1 Å². The van der Waals surface area contributed by atoms with Gasteiger partial charge in [0.05, 0.1) is 5.69 Å². The van der Waals surface area contributed by atoms with Crippen LogP contribution < -0.4 is 0 Å². The van der Waals surface area contributed by atoms with E-state index in [2.05, 4.69) is 45.9 Å². The van der Waals surface area contributed by atoms with Gasteiger partial charge in [-0.25, -0.2) is 0 Å². The average molecular weight is 280 g/mol. The molecule has 2 aromatic heterocycles. The molecule has 84 valence electrons. The summed E-state index contributed by atoms with van der Waals surface area (Å²) in [5.41, 5.74) is 4.55. The molecule has 16 heavy (non-hydrogen) atoms. The Bertz CT molecular complexity index is 517. The summed E-state index contributed by atoms with van der Waals surface area (Å²) in [6.45, 7) is 7.13. The Labute approximate surface area is 104 Å². The Morgan fingerprint density at radius 3 is 2.62 bits per heavy atom. The molecule has 0 saturated heterocycles. The maximum Gasteiger partial charge on any atom is 0.0675 e. The molecule has 0 unspecified atom stereocenters. The smallest absolute Gasteiger partial charge is 0.0675 e. The molecule has 4 heteroatoms. The van der Waals surface area contributed by atoms with Crippen LogP contribution >= 0.6 is 15.9 Å². The van der Waals surface area contributed by atoms with Gasteiger partial charge in [-0.05, 0) is 42.8 Å². The highest BCUT2D eigenvalue weighted by molar-refractivity contribution is 9.10. The molecule has 0 atom stereocenters. The van der Waals surface area contributed by atoms with Crippen molar-refractivity contribution in [2.24, 2.45) is 0 Å². The molecule has 0 radical (unpaired) electrons. The summed E-state index contributed by atoms with van der Waals surface area (Å²) in [6.07, 6.45) is 3.67. The first-order valence-corrected chi connectivity index (χ1v) is 6.07. The zero-order chi connectivity index (χ0) is 11.7. The molecule has 0 aliphatic carbocycles. The van der Waals surface area contributed by atoms with Crippen LogP contribution in [0.2, 0.25) is 0 Å². The van der Waals surface area contributed by atoms with Crippen LogP contribution in [0.3, 0.4) is 0 Å². The second-order valence-electron chi connectivity index (χ2n) is 3.75. The van der Waals surface area contributed by atoms with Gasteiger partial charge in [0.15, 0.2) is 0 Å². The van der Waals surface area contributed by atoms with Crippen molar-refractivity contribution < 1.29 is 0 Å². The fourth-order valence-electron chi connectivity index (χ4n) is 1.97. The standard InChI is InChI=1S/C12H14BrN3/c1-4-16-9(3)12(8(2)15-16)10-5-11(13)7-14-6-10/h5-7H,4H2,1-3H3. The van der Waals surface area contributed by atoms with Crippen LogP contribution in [0.15, 0.2) is 22.9 Å². The Morgan fingerprint density at radius 1 is 1.31 bits per heavy atom. The summed E-state index contributed by atoms with van der Waals surface area (Å²) in [7, 11) is 0. The highest BCUT2D eigenvalue weighted by Crippen LogP contribution is 2.27. The zero-order valence-electron chi connectivity index (χ0n) is 9.66. The summed E-state index contributed by atoms with van der Waals surface area (Å²) in [5, 5.41) is 4.51. The number of hydrogen-bond donors (Lipinski definition) is 0. The predicted molar refractivity (Wildman–Crippen MR) is 68.3 cm³/mol. The molecule has 0 saturated carbocycles. The molecule has 0 spiro atoms. The molecule has 0 aromatic carbocycles. The van der Waals surface area contributed by atoms with E-state index in [0.29, 0.717) is 0 Å². The Kier molecular flexibility index (Phi) is 3.10. The van der Waals surface area contributed by atoms with Crippen LogP contribution in [0, 0.1) is 13.8 Å². The van der Waals surface area contributed by atoms with Crippen molar-refractivity contribution in [3.05, 3.63) is 34.3 Å².